The molecule has 2 heterocycles. The number of aliphatic hydroxyl groups excluding tert-OH is 1. The van der Waals surface area contributed by atoms with E-state index in [4.69, 9.17) is 0 Å². The minimum Gasteiger partial charge on any atom is -0.392 e. The van der Waals surface area contributed by atoms with Gasteiger partial charge in [0.05, 0.1) is 24.9 Å². The molecule has 0 spiro atoms. The van der Waals surface area contributed by atoms with Crippen LogP contribution in [0.2, 0.25) is 0 Å². The molecule has 2 aromatic heterocycles. The van der Waals surface area contributed by atoms with Crippen LogP contribution in [0.4, 0.5) is 10.1 Å². The van der Waals surface area contributed by atoms with Crippen molar-refractivity contribution in [2.24, 2.45) is 0 Å². The molecular weight excluding hydrogens is 297 g/mol. The van der Waals surface area contributed by atoms with Gasteiger partial charge in [-0.05, 0) is 36.8 Å². The third-order valence-electron chi connectivity index (χ3n) is 3.77. The summed E-state index contributed by atoms with van der Waals surface area (Å²) in [5.41, 5.74) is 3.45. The number of hydrogen-bond donors (Lipinski definition) is 3. The maximum Gasteiger partial charge on any atom is 0.228 e. The topological polar surface area (TPSA) is 78.0 Å². The van der Waals surface area contributed by atoms with Crippen LogP contribution in [0.3, 0.4) is 0 Å². The number of hydrogen-bond acceptors (Lipinski definition) is 3. The van der Waals surface area contributed by atoms with Gasteiger partial charge in [0.2, 0.25) is 5.91 Å². The average Bonchev–Trinajstić information content (AvgIpc) is 2.83. The number of carbonyl (C=O) groups excluding carboxylic acids is 1. The average molecular weight is 313 g/mol. The van der Waals surface area contributed by atoms with E-state index in [1.807, 2.05) is 6.92 Å². The lowest BCUT2D eigenvalue weighted by molar-refractivity contribution is -0.115. The number of aromatic amines is 1. The van der Waals surface area contributed by atoms with Crippen molar-refractivity contribution in [2.75, 3.05) is 5.32 Å². The molecule has 0 bridgehead atoms. The van der Waals surface area contributed by atoms with Gasteiger partial charge in [0.1, 0.15) is 5.82 Å². The fourth-order valence-electron chi connectivity index (χ4n) is 2.61. The normalized spacial score (nSPS) is 10.9. The Morgan fingerprint density at radius 2 is 2.22 bits per heavy atom. The number of anilines is 1. The summed E-state index contributed by atoms with van der Waals surface area (Å²) < 4.78 is 13.5. The number of carbonyl (C=O) groups is 1. The third-order valence-corrected chi connectivity index (χ3v) is 3.77. The Morgan fingerprint density at radius 3 is 3.00 bits per heavy atom. The van der Waals surface area contributed by atoms with Crippen LogP contribution < -0.4 is 5.32 Å². The number of amides is 1. The van der Waals surface area contributed by atoms with E-state index in [0.717, 1.165) is 16.8 Å². The smallest absolute Gasteiger partial charge is 0.228 e. The van der Waals surface area contributed by atoms with Gasteiger partial charge < -0.3 is 15.4 Å². The van der Waals surface area contributed by atoms with Gasteiger partial charge in [0.15, 0.2) is 0 Å². The molecule has 5 nitrogen and oxygen atoms in total. The van der Waals surface area contributed by atoms with Crippen molar-refractivity contribution in [3.8, 4) is 0 Å². The number of halogens is 1. The predicted octanol–water partition coefficient (Wildman–Crippen LogP) is 2.68. The Bertz CT molecular complexity index is 873. The van der Waals surface area contributed by atoms with E-state index < -0.39 is 0 Å². The zero-order chi connectivity index (χ0) is 16.4. The molecule has 1 amide bonds. The van der Waals surface area contributed by atoms with Crippen LogP contribution in [-0.2, 0) is 17.8 Å². The lowest BCUT2D eigenvalue weighted by Crippen LogP contribution is -2.16. The van der Waals surface area contributed by atoms with Crippen LogP contribution in [0.5, 0.6) is 0 Å². The van der Waals surface area contributed by atoms with Crippen LogP contribution in [0.15, 0.2) is 36.7 Å². The molecule has 0 aliphatic carbocycles. The Morgan fingerprint density at radius 1 is 1.39 bits per heavy atom. The standard InChI is InChI=1S/C17H16FN3O2/c1-10-13(14-6-12(18)2-3-15(14)20-10)7-17(23)21-16-8-19-5-4-11(16)9-22/h2-6,8,20,22H,7,9H2,1H3,(H,21,23). The quantitative estimate of drug-likeness (QED) is 0.693. The third kappa shape index (κ3) is 3.07. The second-order valence-corrected chi connectivity index (χ2v) is 5.33. The zero-order valence-electron chi connectivity index (χ0n) is 12.6. The number of aliphatic hydroxyl groups is 1. The van der Waals surface area contributed by atoms with Gasteiger partial charge in [-0.2, -0.15) is 0 Å². The second kappa shape index (κ2) is 6.18. The summed E-state index contributed by atoms with van der Waals surface area (Å²) in [5, 5.41) is 12.7. The summed E-state index contributed by atoms with van der Waals surface area (Å²) in [4.78, 5) is 19.4. The van der Waals surface area contributed by atoms with Crippen LogP contribution in [0.1, 0.15) is 16.8 Å². The highest BCUT2D eigenvalue weighted by molar-refractivity contribution is 5.96. The van der Waals surface area contributed by atoms with Crippen molar-refractivity contribution >= 4 is 22.5 Å². The van der Waals surface area contributed by atoms with Crippen molar-refractivity contribution < 1.29 is 14.3 Å². The van der Waals surface area contributed by atoms with Gasteiger partial charge in [-0.25, -0.2) is 4.39 Å². The first-order chi connectivity index (χ1) is 11.1. The highest BCUT2D eigenvalue weighted by Crippen LogP contribution is 2.24. The number of fused-ring (bicyclic) bond motifs is 1. The Labute approximate surface area is 132 Å². The molecule has 23 heavy (non-hydrogen) atoms. The molecule has 0 aliphatic rings. The molecule has 0 atom stereocenters. The van der Waals surface area contributed by atoms with E-state index in [1.54, 1.807) is 18.3 Å². The van der Waals surface area contributed by atoms with Crippen molar-refractivity contribution in [2.45, 2.75) is 20.0 Å². The molecule has 118 valence electrons. The molecule has 1 aromatic carbocycles. The maximum atomic E-state index is 13.5. The summed E-state index contributed by atoms with van der Waals surface area (Å²) in [6, 6.07) is 6.10. The summed E-state index contributed by atoms with van der Waals surface area (Å²) in [6.07, 6.45) is 3.15. The lowest BCUT2D eigenvalue weighted by Gasteiger charge is -2.09. The summed E-state index contributed by atoms with van der Waals surface area (Å²) in [7, 11) is 0. The van der Waals surface area contributed by atoms with E-state index in [-0.39, 0.29) is 24.8 Å². The molecule has 0 radical (unpaired) electrons. The molecule has 0 fully saturated rings. The molecule has 3 N–H and O–H groups in total. The molecule has 6 heteroatoms. The first-order valence-electron chi connectivity index (χ1n) is 7.19. The molecular formula is C17H16FN3O2. The van der Waals surface area contributed by atoms with Gasteiger partial charge in [0, 0.05) is 28.4 Å². The van der Waals surface area contributed by atoms with Crippen molar-refractivity contribution in [1.82, 2.24) is 9.97 Å². The first-order valence-corrected chi connectivity index (χ1v) is 7.19. The number of aromatic nitrogens is 2. The number of benzene rings is 1. The summed E-state index contributed by atoms with van der Waals surface area (Å²) >= 11 is 0. The summed E-state index contributed by atoms with van der Waals surface area (Å²) in [6.45, 7) is 1.67. The maximum absolute atomic E-state index is 13.5. The monoisotopic (exact) mass is 313 g/mol. The van der Waals surface area contributed by atoms with Gasteiger partial charge in [-0.15, -0.1) is 0 Å². The van der Waals surface area contributed by atoms with Crippen molar-refractivity contribution in [3.05, 3.63) is 59.3 Å². The number of rotatable bonds is 4. The molecule has 3 rings (SSSR count). The molecule has 0 saturated carbocycles. The second-order valence-electron chi connectivity index (χ2n) is 5.33. The first kappa shape index (κ1) is 15.2. The van der Waals surface area contributed by atoms with E-state index in [1.165, 1.54) is 18.3 Å². The van der Waals surface area contributed by atoms with Crippen LogP contribution in [0.25, 0.3) is 10.9 Å². The van der Waals surface area contributed by atoms with E-state index in [2.05, 4.69) is 15.3 Å². The Balaban J connectivity index is 1.86. The molecule has 0 unspecified atom stereocenters. The van der Waals surface area contributed by atoms with E-state index >= 15 is 0 Å². The highest BCUT2D eigenvalue weighted by atomic mass is 19.1. The predicted molar refractivity (Wildman–Crippen MR) is 85.5 cm³/mol. The highest BCUT2D eigenvalue weighted by Gasteiger charge is 2.14. The number of H-pyrrole nitrogens is 1. The fourth-order valence-corrected chi connectivity index (χ4v) is 2.61. The SMILES string of the molecule is Cc1[nH]c2ccc(F)cc2c1CC(=O)Nc1cnccc1CO. The van der Waals surface area contributed by atoms with E-state index in [9.17, 15) is 14.3 Å². The number of nitrogens with zero attached hydrogens (tertiary/aromatic N) is 1. The minimum atomic E-state index is -0.340. The lowest BCUT2D eigenvalue weighted by atomic mass is 10.1. The van der Waals surface area contributed by atoms with Crippen molar-refractivity contribution in [3.63, 3.8) is 0 Å². The van der Waals surface area contributed by atoms with Crippen LogP contribution >= 0.6 is 0 Å². The van der Waals surface area contributed by atoms with E-state index in [0.29, 0.717) is 16.6 Å². The summed E-state index contributed by atoms with van der Waals surface area (Å²) in [5.74, 6) is -0.589. The fraction of sp³-hybridized carbons (Fsp3) is 0.176. The number of nitrogens with one attached hydrogen (secondary N) is 2. The number of pyridine rings is 1. The number of aryl methyl sites for hydroxylation is 1. The van der Waals surface area contributed by atoms with Gasteiger partial charge >= 0.3 is 0 Å². The van der Waals surface area contributed by atoms with Crippen molar-refractivity contribution in [1.29, 1.82) is 0 Å². The van der Waals surface area contributed by atoms with Gasteiger partial charge in [0.25, 0.3) is 0 Å². The molecule has 0 saturated heterocycles. The zero-order valence-corrected chi connectivity index (χ0v) is 12.6. The largest absolute Gasteiger partial charge is 0.392 e. The van der Waals surface area contributed by atoms with Crippen LogP contribution in [-0.4, -0.2) is 21.0 Å². The molecule has 0 aliphatic heterocycles. The van der Waals surface area contributed by atoms with Gasteiger partial charge in [-0.1, -0.05) is 0 Å². The van der Waals surface area contributed by atoms with Gasteiger partial charge in [-0.3, -0.25) is 9.78 Å². The van der Waals surface area contributed by atoms with Crippen LogP contribution in [0, 0.1) is 12.7 Å². The Kier molecular flexibility index (Phi) is 4.08. The minimum absolute atomic E-state index is 0.106. The molecule has 3 aromatic rings. The Hall–Kier alpha value is -2.73.